The van der Waals surface area contributed by atoms with Crippen molar-refractivity contribution in [1.82, 2.24) is 33.7 Å². The van der Waals surface area contributed by atoms with Crippen LogP contribution in [0.2, 0.25) is 0 Å². The van der Waals surface area contributed by atoms with Crippen molar-refractivity contribution in [2.45, 2.75) is 26.9 Å². The molecule has 0 aliphatic heterocycles. The molecule has 0 aromatic carbocycles. The summed E-state index contributed by atoms with van der Waals surface area (Å²) in [6.45, 7) is 6.75. The summed E-state index contributed by atoms with van der Waals surface area (Å²) in [5.74, 6) is 0.987. The fraction of sp³-hybridized carbons (Fsp3) is 0.533. The monoisotopic (exact) mass is 383 g/mol. The van der Waals surface area contributed by atoms with Crippen molar-refractivity contribution in [3.63, 3.8) is 0 Å². The van der Waals surface area contributed by atoms with Crippen molar-refractivity contribution < 1.29 is 4.52 Å². The third kappa shape index (κ3) is 3.42. The molecule has 0 bridgehead atoms. The predicted molar refractivity (Wildman–Crippen MR) is 97.5 cm³/mol. The van der Waals surface area contributed by atoms with Gasteiger partial charge in [-0.3, -0.25) is 18.8 Å². The second-order valence-electron chi connectivity index (χ2n) is 5.82. The normalized spacial score (nSPS) is 11.3. The topological polar surface area (TPSA) is 104 Å². The van der Waals surface area contributed by atoms with Crippen LogP contribution in [-0.4, -0.2) is 46.8 Å². The summed E-state index contributed by atoms with van der Waals surface area (Å²) in [4.78, 5) is 35.1. The molecule has 3 aromatic rings. The zero-order chi connectivity index (χ0) is 18.1. The van der Waals surface area contributed by atoms with Crippen LogP contribution in [0.3, 0.4) is 0 Å². The number of rotatable bonds is 6. The number of aromatic nitrogens is 6. The summed E-state index contributed by atoms with van der Waals surface area (Å²) < 4.78 is 9.31. The molecule has 0 saturated carbocycles. The fourth-order valence-electron chi connectivity index (χ4n) is 2.73. The summed E-state index contributed by atoms with van der Waals surface area (Å²) in [6.07, 6.45) is 1.51. The Kier molecular flexibility index (Phi) is 5.98. The van der Waals surface area contributed by atoms with Crippen LogP contribution in [0.25, 0.3) is 11.2 Å². The van der Waals surface area contributed by atoms with Gasteiger partial charge in [-0.25, -0.2) is 9.78 Å². The van der Waals surface area contributed by atoms with Crippen LogP contribution in [0.4, 0.5) is 0 Å². The SMILES string of the molecule is CCN(CC)Cc1nc(Cn2cnc3c2c(=O)n(C)c(=O)n3C)no1.Cl. The van der Waals surface area contributed by atoms with Crippen molar-refractivity contribution in [3.8, 4) is 0 Å². The molecule has 0 amide bonds. The third-order valence-corrected chi connectivity index (χ3v) is 4.29. The highest BCUT2D eigenvalue weighted by atomic mass is 35.5. The minimum absolute atomic E-state index is 0. The van der Waals surface area contributed by atoms with Gasteiger partial charge in [-0.2, -0.15) is 4.98 Å². The molecule has 10 nitrogen and oxygen atoms in total. The summed E-state index contributed by atoms with van der Waals surface area (Å²) in [6, 6.07) is 0. The van der Waals surface area contributed by atoms with Gasteiger partial charge in [0.25, 0.3) is 5.56 Å². The van der Waals surface area contributed by atoms with Crippen LogP contribution in [0.1, 0.15) is 25.6 Å². The molecule has 26 heavy (non-hydrogen) atoms. The summed E-state index contributed by atoms with van der Waals surface area (Å²) in [5.41, 5.74) is -0.147. The standard InChI is InChI=1S/C15H21N7O3.ClH/c1-5-21(6-2)8-11-17-10(18-25-11)7-22-9-16-13-12(22)14(23)20(4)15(24)19(13)3;/h9H,5-8H2,1-4H3;1H. The number of hydrogen-bond donors (Lipinski definition) is 0. The van der Waals surface area contributed by atoms with E-state index in [0.717, 1.165) is 17.7 Å². The summed E-state index contributed by atoms with van der Waals surface area (Å²) in [7, 11) is 3.02. The number of imidazole rings is 1. The van der Waals surface area contributed by atoms with E-state index in [2.05, 4.69) is 33.9 Å². The Morgan fingerprint density at radius 3 is 2.50 bits per heavy atom. The molecule has 0 aliphatic rings. The van der Waals surface area contributed by atoms with Gasteiger partial charge >= 0.3 is 5.69 Å². The maximum absolute atomic E-state index is 12.4. The minimum Gasteiger partial charge on any atom is -0.338 e. The number of nitrogens with zero attached hydrogens (tertiary/aromatic N) is 7. The second kappa shape index (κ2) is 7.83. The van der Waals surface area contributed by atoms with Crippen molar-refractivity contribution in [1.29, 1.82) is 0 Å². The molecule has 0 N–H and O–H groups in total. The van der Waals surface area contributed by atoms with Crippen molar-refractivity contribution in [3.05, 3.63) is 38.9 Å². The van der Waals surface area contributed by atoms with Crippen molar-refractivity contribution >= 4 is 23.6 Å². The Balaban J connectivity index is 0.00000243. The van der Waals surface area contributed by atoms with Crippen LogP contribution >= 0.6 is 12.4 Å². The average Bonchev–Trinajstić information content (AvgIpc) is 3.23. The van der Waals surface area contributed by atoms with Gasteiger partial charge in [0, 0.05) is 14.1 Å². The van der Waals surface area contributed by atoms with E-state index < -0.39 is 11.2 Å². The van der Waals surface area contributed by atoms with E-state index in [1.807, 2.05) is 0 Å². The number of halogens is 1. The Morgan fingerprint density at radius 1 is 1.15 bits per heavy atom. The van der Waals surface area contributed by atoms with E-state index in [4.69, 9.17) is 4.52 Å². The van der Waals surface area contributed by atoms with Gasteiger partial charge in [0.1, 0.15) is 0 Å². The van der Waals surface area contributed by atoms with Crippen LogP contribution in [-0.2, 0) is 27.2 Å². The summed E-state index contributed by atoms with van der Waals surface area (Å²) >= 11 is 0. The largest absolute Gasteiger partial charge is 0.338 e. The lowest BCUT2D eigenvalue weighted by Gasteiger charge is -2.14. The number of hydrogen-bond acceptors (Lipinski definition) is 7. The molecule has 142 valence electrons. The van der Waals surface area contributed by atoms with Gasteiger partial charge in [0.15, 0.2) is 17.0 Å². The highest BCUT2D eigenvalue weighted by molar-refractivity contribution is 5.85. The zero-order valence-corrected chi connectivity index (χ0v) is 16.0. The second-order valence-corrected chi connectivity index (χ2v) is 5.82. The molecule has 11 heteroatoms. The van der Waals surface area contributed by atoms with Gasteiger partial charge in [0.2, 0.25) is 5.89 Å². The molecule has 3 heterocycles. The molecule has 0 atom stereocenters. The number of aryl methyl sites for hydroxylation is 1. The van der Waals surface area contributed by atoms with Gasteiger partial charge in [-0.15, -0.1) is 12.4 Å². The quantitative estimate of drug-likeness (QED) is 0.595. The van der Waals surface area contributed by atoms with E-state index in [-0.39, 0.29) is 19.0 Å². The maximum Gasteiger partial charge on any atom is 0.332 e. The van der Waals surface area contributed by atoms with Crippen molar-refractivity contribution in [2.24, 2.45) is 14.1 Å². The van der Waals surface area contributed by atoms with Gasteiger partial charge in [-0.05, 0) is 13.1 Å². The minimum atomic E-state index is -0.413. The van der Waals surface area contributed by atoms with Crippen LogP contribution in [0.5, 0.6) is 0 Å². The van der Waals surface area contributed by atoms with E-state index in [1.54, 1.807) is 11.6 Å². The van der Waals surface area contributed by atoms with Gasteiger partial charge < -0.3 is 9.09 Å². The molecule has 0 spiro atoms. The first-order valence-electron chi connectivity index (χ1n) is 8.10. The lowest BCUT2D eigenvalue weighted by Crippen LogP contribution is -2.37. The van der Waals surface area contributed by atoms with E-state index in [1.165, 1.54) is 17.9 Å². The number of fused-ring (bicyclic) bond motifs is 1. The highest BCUT2D eigenvalue weighted by Crippen LogP contribution is 2.09. The van der Waals surface area contributed by atoms with E-state index in [9.17, 15) is 9.59 Å². The molecule has 0 unspecified atom stereocenters. The molecule has 0 aliphatic carbocycles. The average molecular weight is 384 g/mol. The lowest BCUT2D eigenvalue weighted by atomic mass is 10.4. The first-order valence-corrected chi connectivity index (χ1v) is 8.10. The smallest absolute Gasteiger partial charge is 0.332 e. The van der Waals surface area contributed by atoms with Crippen LogP contribution < -0.4 is 11.2 Å². The van der Waals surface area contributed by atoms with Gasteiger partial charge in [-0.1, -0.05) is 19.0 Å². The lowest BCUT2D eigenvalue weighted by molar-refractivity contribution is 0.246. The Morgan fingerprint density at radius 2 is 1.85 bits per heavy atom. The van der Waals surface area contributed by atoms with Crippen LogP contribution in [0, 0.1) is 0 Å². The predicted octanol–water partition coefficient (Wildman–Crippen LogP) is 0.129. The molecule has 0 radical (unpaired) electrons. The first-order chi connectivity index (χ1) is 12.0. The Bertz CT molecular complexity index is 1010. The zero-order valence-electron chi connectivity index (χ0n) is 15.2. The third-order valence-electron chi connectivity index (χ3n) is 4.29. The molecule has 0 saturated heterocycles. The molecule has 3 aromatic heterocycles. The molecular formula is C15H22ClN7O3. The first kappa shape index (κ1) is 19.9. The van der Waals surface area contributed by atoms with Crippen LogP contribution in [0.15, 0.2) is 20.4 Å². The van der Waals surface area contributed by atoms with E-state index in [0.29, 0.717) is 29.4 Å². The Hall–Kier alpha value is -2.46. The van der Waals surface area contributed by atoms with E-state index >= 15 is 0 Å². The van der Waals surface area contributed by atoms with Crippen molar-refractivity contribution in [2.75, 3.05) is 13.1 Å². The van der Waals surface area contributed by atoms with Gasteiger partial charge in [0.05, 0.1) is 19.4 Å². The summed E-state index contributed by atoms with van der Waals surface area (Å²) in [5, 5.41) is 3.97. The molecular weight excluding hydrogens is 362 g/mol. The molecule has 3 rings (SSSR count). The Labute approximate surface area is 155 Å². The molecule has 0 fully saturated rings. The fourth-order valence-corrected chi connectivity index (χ4v) is 2.73. The maximum atomic E-state index is 12.4. The highest BCUT2D eigenvalue weighted by Gasteiger charge is 2.16.